The van der Waals surface area contributed by atoms with Gasteiger partial charge in [-0.05, 0) is 68.1 Å². The minimum Gasteiger partial charge on any atom is -0.396 e. The summed E-state index contributed by atoms with van der Waals surface area (Å²) in [5.41, 5.74) is 0.860. The van der Waals surface area contributed by atoms with Gasteiger partial charge in [0.25, 0.3) is 0 Å². The number of carbonyl (C=O) groups excluding carboxylic acids is 2. The minimum absolute atomic E-state index is 0.0571. The Balaban J connectivity index is 1.43. The highest BCUT2D eigenvalue weighted by molar-refractivity contribution is 6.42. The summed E-state index contributed by atoms with van der Waals surface area (Å²) in [5, 5.41) is 10.4. The van der Waals surface area contributed by atoms with Gasteiger partial charge in [0.15, 0.2) is 0 Å². The summed E-state index contributed by atoms with van der Waals surface area (Å²) in [6, 6.07) is 5.22. The van der Waals surface area contributed by atoms with Gasteiger partial charge >= 0.3 is 0 Å². The first kappa shape index (κ1) is 25.0. The quantitative estimate of drug-likeness (QED) is 0.604. The molecule has 2 aliphatic rings. The van der Waals surface area contributed by atoms with Crippen LogP contribution in [0.3, 0.4) is 0 Å². The fourth-order valence-corrected chi connectivity index (χ4v) is 4.48. The number of carbonyl (C=O) groups is 2. The van der Waals surface area contributed by atoms with Crippen molar-refractivity contribution in [2.45, 2.75) is 32.6 Å². The molecule has 0 aliphatic carbocycles. The van der Waals surface area contributed by atoms with Gasteiger partial charge in [0.05, 0.1) is 10.0 Å². The van der Waals surface area contributed by atoms with Gasteiger partial charge in [0, 0.05) is 45.3 Å². The molecule has 176 valence electrons. The Hall–Kier alpha value is -1.60. The van der Waals surface area contributed by atoms with Gasteiger partial charge in [-0.3, -0.25) is 9.59 Å². The lowest BCUT2D eigenvalue weighted by Crippen LogP contribution is -2.42. The van der Waals surface area contributed by atoms with E-state index in [1.807, 2.05) is 4.90 Å². The summed E-state index contributed by atoms with van der Waals surface area (Å²) in [6.45, 7) is 7.60. The molecule has 8 heteroatoms. The molecule has 0 spiro atoms. The number of likely N-dealkylation sites (tertiary alicyclic amines) is 1. The molecule has 1 aromatic rings. The fourth-order valence-electron chi connectivity index (χ4n) is 4.17. The normalized spacial score (nSPS) is 20.1. The van der Waals surface area contributed by atoms with E-state index in [9.17, 15) is 14.7 Å². The van der Waals surface area contributed by atoms with Crippen LogP contribution in [0.15, 0.2) is 24.3 Å². The Morgan fingerprint density at radius 1 is 1.09 bits per heavy atom. The van der Waals surface area contributed by atoms with Crippen molar-refractivity contribution in [1.29, 1.82) is 0 Å². The van der Waals surface area contributed by atoms with Crippen LogP contribution < -0.4 is 0 Å². The van der Waals surface area contributed by atoms with Crippen molar-refractivity contribution in [2.75, 3.05) is 52.4 Å². The molecule has 2 amide bonds. The second-order valence-corrected chi connectivity index (χ2v) is 9.94. The Kier molecular flexibility index (Phi) is 9.00. The summed E-state index contributed by atoms with van der Waals surface area (Å²) in [6.07, 6.45) is 6.54. The number of piperidine rings is 1. The molecule has 0 saturated carbocycles. The first-order valence-corrected chi connectivity index (χ1v) is 12.1. The zero-order valence-electron chi connectivity index (χ0n) is 18.7. The molecule has 1 aromatic carbocycles. The van der Waals surface area contributed by atoms with Crippen molar-refractivity contribution in [3.05, 3.63) is 39.9 Å². The predicted molar refractivity (Wildman–Crippen MR) is 129 cm³/mol. The summed E-state index contributed by atoms with van der Waals surface area (Å²) >= 11 is 12.0. The number of rotatable bonds is 7. The molecular formula is C24H33Cl2N3O3. The van der Waals surface area contributed by atoms with Crippen LogP contribution in [0.2, 0.25) is 10.0 Å². The maximum absolute atomic E-state index is 12.6. The Labute approximate surface area is 200 Å². The molecule has 1 N–H and O–H groups in total. The average molecular weight is 482 g/mol. The third kappa shape index (κ3) is 6.95. The molecule has 32 heavy (non-hydrogen) atoms. The van der Waals surface area contributed by atoms with Gasteiger partial charge < -0.3 is 19.8 Å². The van der Waals surface area contributed by atoms with Crippen molar-refractivity contribution in [1.82, 2.24) is 14.7 Å². The van der Waals surface area contributed by atoms with Crippen molar-refractivity contribution in [3.63, 3.8) is 0 Å². The number of hydrogen-bond donors (Lipinski definition) is 1. The highest BCUT2D eigenvalue weighted by Crippen LogP contribution is 2.30. The summed E-state index contributed by atoms with van der Waals surface area (Å²) in [5.74, 6) is 0.00577. The Morgan fingerprint density at radius 2 is 1.84 bits per heavy atom. The Bertz CT molecular complexity index is 838. The molecule has 0 aromatic heterocycles. The van der Waals surface area contributed by atoms with E-state index in [1.165, 1.54) is 6.08 Å². The van der Waals surface area contributed by atoms with E-state index in [2.05, 4.69) is 11.8 Å². The van der Waals surface area contributed by atoms with Crippen LogP contribution in [0.25, 0.3) is 6.08 Å². The highest BCUT2D eigenvalue weighted by Gasteiger charge is 2.29. The summed E-state index contributed by atoms with van der Waals surface area (Å²) < 4.78 is 0. The van der Waals surface area contributed by atoms with E-state index in [0.29, 0.717) is 42.6 Å². The lowest BCUT2D eigenvalue weighted by Gasteiger charge is -2.38. The third-order valence-electron chi connectivity index (χ3n) is 6.61. The van der Waals surface area contributed by atoms with E-state index in [0.717, 1.165) is 44.5 Å². The third-order valence-corrected chi connectivity index (χ3v) is 7.35. The van der Waals surface area contributed by atoms with Crippen LogP contribution in [0.1, 0.15) is 38.2 Å². The van der Waals surface area contributed by atoms with Crippen LogP contribution >= 0.6 is 23.2 Å². The van der Waals surface area contributed by atoms with Gasteiger partial charge in [-0.25, -0.2) is 0 Å². The first-order chi connectivity index (χ1) is 15.3. The largest absolute Gasteiger partial charge is 0.396 e. The minimum atomic E-state index is -0.106. The summed E-state index contributed by atoms with van der Waals surface area (Å²) in [4.78, 5) is 31.2. The number of amides is 2. The lowest BCUT2D eigenvalue weighted by molar-refractivity contribution is -0.130. The predicted octanol–water partition coefficient (Wildman–Crippen LogP) is 3.55. The van der Waals surface area contributed by atoms with Gasteiger partial charge in [0.2, 0.25) is 11.8 Å². The van der Waals surface area contributed by atoms with Gasteiger partial charge in [-0.15, -0.1) is 0 Å². The topological polar surface area (TPSA) is 64.1 Å². The molecule has 3 rings (SSSR count). The molecule has 0 atom stereocenters. The van der Waals surface area contributed by atoms with Crippen LogP contribution in [-0.4, -0.2) is 84.0 Å². The molecular weight excluding hydrogens is 449 g/mol. The second kappa shape index (κ2) is 11.5. The van der Waals surface area contributed by atoms with E-state index >= 15 is 0 Å². The highest BCUT2D eigenvalue weighted by atomic mass is 35.5. The van der Waals surface area contributed by atoms with E-state index in [1.54, 1.807) is 29.2 Å². The number of aliphatic hydroxyl groups is 1. The zero-order chi connectivity index (χ0) is 23.1. The lowest BCUT2D eigenvalue weighted by atomic mass is 9.81. The second-order valence-electron chi connectivity index (χ2n) is 9.13. The molecule has 2 aliphatic heterocycles. The maximum atomic E-state index is 12.6. The van der Waals surface area contributed by atoms with Crippen LogP contribution in [-0.2, 0) is 9.59 Å². The molecule has 2 fully saturated rings. The average Bonchev–Trinajstić information content (AvgIpc) is 2.97. The first-order valence-electron chi connectivity index (χ1n) is 11.3. The number of hydrogen-bond acceptors (Lipinski definition) is 4. The molecule has 0 unspecified atom stereocenters. The van der Waals surface area contributed by atoms with Gasteiger partial charge in [0.1, 0.15) is 0 Å². The molecule has 6 nitrogen and oxygen atoms in total. The Morgan fingerprint density at radius 3 is 2.53 bits per heavy atom. The van der Waals surface area contributed by atoms with Crippen LogP contribution in [0.4, 0.5) is 0 Å². The van der Waals surface area contributed by atoms with Crippen LogP contribution in [0.5, 0.6) is 0 Å². The van der Waals surface area contributed by atoms with E-state index in [4.69, 9.17) is 23.2 Å². The van der Waals surface area contributed by atoms with Crippen molar-refractivity contribution in [2.24, 2.45) is 5.41 Å². The van der Waals surface area contributed by atoms with Crippen LogP contribution in [0, 0.1) is 5.41 Å². The van der Waals surface area contributed by atoms with Crippen molar-refractivity contribution < 1.29 is 14.7 Å². The SMILES string of the molecule is CC1(CO)CCN(CCCN2CCN(C(=O)C=Cc3ccc(Cl)c(Cl)c3)CCC2=O)CC1. The number of halogens is 2. The van der Waals surface area contributed by atoms with Crippen molar-refractivity contribution >= 4 is 41.1 Å². The number of nitrogens with zero attached hydrogens (tertiary/aromatic N) is 3. The van der Waals surface area contributed by atoms with Crippen molar-refractivity contribution in [3.8, 4) is 0 Å². The fraction of sp³-hybridized carbons (Fsp3) is 0.583. The zero-order valence-corrected chi connectivity index (χ0v) is 20.2. The van der Waals surface area contributed by atoms with Gasteiger partial charge in [-0.2, -0.15) is 0 Å². The molecule has 0 bridgehead atoms. The number of aliphatic hydroxyl groups excluding tert-OH is 1. The molecule has 2 heterocycles. The standard InChI is InChI=1S/C24H33Cl2N3O3/c1-24(18-30)8-13-27(14-9-24)10-2-11-28-15-16-29(12-7-23(28)32)22(31)6-4-19-3-5-20(25)21(26)17-19/h3-6,17,30H,2,7-16,18H2,1H3. The summed E-state index contributed by atoms with van der Waals surface area (Å²) in [7, 11) is 0. The van der Waals surface area contributed by atoms with Gasteiger partial charge in [-0.1, -0.05) is 36.2 Å². The smallest absolute Gasteiger partial charge is 0.246 e. The van der Waals surface area contributed by atoms with E-state index < -0.39 is 0 Å². The maximum Gasteiger partial charge on any atom is 0.246 e. The molecule has 2 saturated heterocycles. The molecule has 0 radical (unpaired) electrons. The number of benzene rings is 1. The van der Waals surface area contributed by atoms with E-state index in [-0.39, 0.29) is 23.8 Å². The monoisotopic (exact) mass is 481 g/mol.